The van der Waals surface area contributed by atoms with Gasteiger partial charge in [0.1, 0.15) is 0 Å². The van der Waals surface area contributed by atoms with Crippen molar-refractivity contribution in [2.75, 3.05) is 0 Å². The Morgan fingerprint density at radius 3 is 2.53 bits per heavy atom. The van der Waals surface area contributed by atoms with Gasteiger partial charge in [0.2, 0.25) is 5.89 Å². The molecule has 0 amide bonds. The predicted octanol–water partition coefficient (Wildman–Crippen LogP) is 2.66. The third kappa shape index (κ3) is 5.08. The van der Waals surface area contributed by atoms with Crippen LogP contribution in [0.15, 0.2) is 4.52 Å². The van der Waals surface area contributed by atoms with Crippen LogP contribution in [0.1, 0.15) is 46.3 Å². The molecule has 1 unspecified atom stereocenters. The molecule has 1 aromatic rings. The lowest BCUT2D eigenvalue weighted by atomic mass is 9.87. The average molecular weight is 258 g/mol. The third-order valence-electron chi connectivity index (χ3n) is 2.42. The van der Waals surface area contributed by atoms with Crippen molar-refractivity contribution in [2.24, 2.45) is 5.41 Å². The molecule has 0 aromatic carbocycles. The van der Waals surface area contributed by atoms with Crippen molar-refractivity contribution in [1.82, 2.24) is 10.1 Å². The summed E-state index contributed by atoms with van der Waals surface area (Å²) in [6.07, 6.45) is -0.0448. The summed E-state index contributed by atoms with van der Waals surface area (Å²) >= 11 is 1.77. The molecular weight excluding hydrogens is 236 g/mol. The molecule has 0 saturated heterocycles. The second-order valence-corrected chi connectivity index (χ2v) is 7.11. The highest BCUT2D eigenvalue weighted by molar-refractivity contribution is 7.99. The number of hydrogen-bond acceptors (Lipinski definition) is 5. The van der Waals surface area contributed by atoms with Gasteiger partial charge < -0.3 is 9.63 Å². The van der Waals surface area contributed by atoms with E-state index in [1.807, 2.05) is 20.8 Å². The first-order valence-corrected chi connectivity index (χ1v) is 6.95. The molecule has 17 heavy (non-hydrogen) atoms. The van der Waals surface area contributed by atoms with E-state index in [2.05, 4.69) is 24.0 Å². The Balaban J connectivity index is 2.51. The predicted molar refractivity (Wildman–Crippen MR) is 69.9 cm³/mol. The number of aliphatic hydroxyl groups excluding tert-OH is 1. The molecule has 0 saturated carbocycles. The molecule has 5 heteroatoms. The van der Waals surface area contributed by atoms with Crippen molar-refractivity contribution < 1.29 is 9.63 Å². The summed E-state index contributed by atoms with van der Waals surface area (Å²) in [6.45, 7) is 10.2. The smallest absolute Gasteiger partial charge is 0.229 e. The van der Waals surface area contributed by atoms with Gasteiger partial charge in [-0.2, -0.15) is 16.7 Å². The molecule has 0 aliphatic heterocycles. The molecule has 1 rings (SSSR count). The van der Waals surface area contributed by atoms with Crippen LogP contribution in [0.2, 0.25) is 0 Å². The summed E-state index contributed by atoms with van der Waals surface area (Å²) in [5.41, 5.74) is -0.165. The van der Waals surface area contributed by atoms with Crippen molar-refractivity contribution >= 4 is 11.8 Å². The maximum Gasteiger partial charge on any atom is 0.229 e. The van der Waals surface area contributed by atoms with Crippen LogP contribution in [0.25, 0.3) is 0 Å². The van der Waals surface area contributed by atoms with Gasteiger partial charge in [-0.15, -0.1) is 0 Å². The van der Waals surface area contributed by atoms with Crippen molar-refractivity contribution in [3.05, 3.63) is 11.7 Å². The molecule has 0 bridgehead atoms. The van der Waals surface area contributed by atoms with E-state index in [0.29, 0.717) is 23.4 Å². The minimum Gasteiger partial charge on any atom is -0.392 e. The lowest BCUT2D eigenvalue weighted by Crippen LogP contribution is -2.28. The van der Waals surface area contributed by atoms with Crippen LogP contribution in [0.3, 0.4) is 0 Å². The average Bonchev–Trinajstić information content (AvgIpc) is 2.61. The quantitative estimate of drug-likeness (QED) is 0.880. The van der Waals surface area contributed by atoms with E-state index in [1.54, 1.807) is 11.8 Å². The number of aliphatic hydroxyl groups is 1. The molecule has 0 aliphatic rings. The van der Waals surface area contributed by atoms with Gasteiger partial charge in [-0.3, -0.25) is 0 Å². The highest BCUT2D eigenvalue weighted by Gasteiger charge is 2.24. The maximum atomic E-state index is 9.93. The Morgan fingerprint density at radius 1 is 1.35 bits per heavy atom. The Labute approximate surface area is 107 Å². The number of thioether (sulfide) groups is 1. The van der Waals surface area contributed by atoms with Crippen LogP contribution >= 0.6 is 11.8 Å². The zero-order valence-electron chi connectivity index (χ0n) is 11.2. The molecule has 98 valence electrons. The zero-order chi connectivity index (χ0) is 13.1. The van der Waals surface area contributed by atoms with Gasteiger partial charge in [0, 0.05) is 0 Å². The number of nitrogens with zero attached hydrogens (tertiary/aromatic N) is 2. The molecule has 4 nitrogen and oxygen atoms in total. The normalized spacial score (nSPS) is 14.3. The topological polar surface area (TPSA) is 59.2 Å². The second kappa shape index (κ2) is 5.87. The van der Waals surface area contributed by atoms with E-state index in [-0.39, 0.29) is 5.41 Å². The summed E-state index contributed by atoms with van der Waals surface area (Å²) in [7, 11) is 0. The van der Waals surface area contributed by atoms with Gasteiger partial charge in [0.15, 0.2) is 5.82 Å². The summed E-state index contributed by atoms with van der Waals surface area (Å²) < 4.78 is 5.13. The first-order valence-electron chi connectivity index (χ1n) is 5.90. The summed E-state index contributed by atoms with van der Waals surface area (Å²) in [5.74, 6) is 1.99. The van der Waals surface area contributed by atoms with Crippen molar-refractivity contribution in [1.29, 1.82) is 0 Å². The van der Waals surface area contributed by atoms with Gasteiger partial charge in [0.25, 0.3) is 0 Å². The summed E-state index contributed by atoms with van der Waals surface area (Å²) in [6, 6.07) is 0. The van der Waals surface area contributed by atoms with Crippen molar-refractivity contribution in [3.8, 4) is 0 Å². The molecule has 0 radical (unpaired) electrons. The largest absolute Gasteiger partial charge is 0.392 e. The lowest BCUT2D eigenvalue weighted by molar-refractivity contribution is 0.0565. The first-order chi connectivity index (χ1) is 7.79. The molecule has 0 spiro atoms. The minimum atomic E-state index is -0.464. The highest BCUT2D eigenvalue weighted by Crippen LogP contribution is 2.22. The van der Waals surface area contributed by atoms with Crippen molar-refractivity contribution in [2.45, 2.75) is 58.1 Å². The van der Waals surface area contributed by atoms with Crippen LogP contribution in [-0.2, 0) is 12.2 Å². The standard InChI is InChI=1S/C12H22N2O2S/c1-8(2)17-7-10-13-11(16-14-10)6-9(15)12(3,4)5/h8-9,15H,6-7H2,1-5H3. The Hall–Kier alpha value is -0.550. The van der Waals surface area contributed by atoms with E-state index >= 15 is 0 Å². The third-order valence-corrected chi connectivity index (χ3v) is 3.52. The Morgan fingerprint density at radius 2 is 2.00 bits per heavy atom. The van der Waals surface area contributed by atoms with E-state index < -0.39 is 6.10 Å². The monoisotopic (exact) mass is 258 g/mol. The number of aromatic nitrogens is 2. The molecular formula is C12H22N2O2S. The first kappa shape index (κ1) is 14.5. The van der Waals surface area contributed by atoms with Crippen LogP contribution in [0.4, 0.5) is 0 Å². The van der Waals surface area contributed by atoms with E-state index in [9.17, 15) is 5.11 Å². The van der Waals surface area contributed by atoms with Gasteiger partial charge >= 0.3 is 0 Å². The summed E-state index contributed by atoms with van der Waals surface area (Å²) in [5, 5.41) is 14.4. The molecule has 1 aromatic heterocycles. The lowest BCUT2D eigenvalue weighted by Gasteiger charge is -2.24. The fourth-order valence-corrected chi connectivity index (χ4v) is 1.74. The van der Waals surface area contributed by atoms with Gasteiger partial charge in [-0.05, 0) is 10.7 Å². The minimum absolute atomic E-state index is 0.165. The van der Waals surface area contributed by atoms with Gasteiger partial charge in [-0.25, -0.2) is 0 Å². The van der Waals surface area contributed by atoms with Gasteiger partial charge in [-0.1, -0.05) is 39.8 Å². The van der Waals surface area contributed by atoms with Crippen LogP contribution in [0.5, 0.6) is 0 Å². The molecule has 1 heterocycles. The Kier molecular flexibility index (Phi) is 5.01. The molecule has 1 N–H and O–H groups in total. The SMILES string of the molecule is CC(C)SCc1noc(CC(O)C(C)(C)C)n1. The number of hydrogen-bond donors (Lipinski definition) is 1. The second-order valence-electron chi connectivity index (χ2n) is 5.55. The molecule has 0 aliphatic carbocycles. The Bertz CT molecular complexity index is 345. The van der Waals surface area contributed by atoms with Gasteiger partial charge in [0.05, 0.1) is 18.3 Å². The number of rotatable bonds is 5. The van der Waals surface area contributed by atoms with Crippen LogP contribution < -0.4 is 0 Å². The van der Waals surface area contributed by atoms with Crippen molar-refractivity contribution in [3.63, 3.8) is 0 Å². The van der Waals surface area contributed by atoms with Crippen LogP contribution in [-0.4, -0.2) is 26.6 Å². The van der Waals surface area contributed by atoms with Crippen LogP contribution in [0, 0.1) is 5.41 Å². The summed E-state index contributed by atoms with van der Waals surface area (Å²) in [4.78, 5) is 4.28. The van der Waals surface area contributed by atoms with E-state index in [1.165, 1.54) is 0 Å². The fraction of sp³-hybridized carbons (Fsp3) is 0.833. The van der Waals surface area contributed by atoms with E-state index in [0.717, 1.165) is 5.75 Å². The highest BCUT2D eigenvalue weighted by atomic mass is 32.2. The molecule has 1 atom stereocenters. The maximum absolute atomic E-state index is 9.93. The van der Waals surface area contributed by atoms with E-state index in [4.69, 9.17) is 4.52 Å². The fourth-order valence-electron chi connectivity index (χ4n) is 1.14. The molecule has 0 fully saturated rings. The zero-order valence-corrected chi connectivity index (χ0v) is 12.0.